The van der Waals surface area contributed by atoms with Crippen molar-refractivity contribution in [3.05, 3.63) is 30.3 Å². The Hall–Kier alpha value is -2.04. The first kappa shape index (κ1) is 14.0. The molecule has 5 nitrogen and oxygen atoms in total. The molecule has 0 fully saturated rings. The Morgan fingerprint density at radius 3 is 2.56 bits per heavy atom. The van der Waals surface area contributed by atoms with Crippen molar-refractivity contribution in [2.45, 2.75) is 32.2 Å². The van der Waals surface area contributed by atoms with Crippen LogP contribution in [0.4, 0.5) is 10.5 Å². The zero-order valence-corrected chi connectivity index (χ0v) is 10.3. The number of benzene rings is 1. The van der Waals surface area contributed by atoms with Gasteiger partial charge in [-0.15, -0.1) is 0 Å². The van der Waals surface area contributed by atoms with E-state index in [2.05, 4.69) is 10.6 Å². The summed E-state index contributed by atoms with van der Waals surface area (Å²) in [4.78, 5) is 21.9. The van der Waals surface area contributed by atoms with Gasteiger partial charge in [-0.05, 0) is 31.9 Å². The van der Waals surface area contributed by atoms with E-state index in [-0.39, 0.29) is 18.5 Å². The van der Waals surface area contributed by atoms with Crippen molar-refractivity contribution < 1.29 is 14.7 Å². The molecule has 0 aliphatic carbocycles. The number of amides is 2. The van der Waals surface area contributed by atoms with E-state index >= 15 is 0 Å². The van der Waals surface area contributed by atoms with Crippen LogP contribution in [0.25, 0.3) is 0 Å². The standard InChI is InChI=1S/C13H18N2O3/c1-10(6-5-9-12(16)17)14-13(18)15-11-7-3-2-4-8-11/h2-4,7-8,10H,5-6,9H2,1H3,(H,16,17)(H2,14,15,18). The molecule has 0 aliphatic heterocycles. The van der Waals surface area contributed by atoms with Crippen LogP contribution in [-0.4, -0.2) is 23.1 Å². The average molecular weight is 250 g/mol. The molecular formula is C13H18N2O3. The third-order valence-electron chi connectivity index (χ3n) is 2.44. The summed E-state index contributed by atoms with van der Waals surface area (Å²) in [6.07, 6.45) is 1.34. The Bertz CT molecular complexity index is 392. The van der Waals surface area contributed by atoms with Gasteiger partial charge in [0.25, 0.3) is 0 Å². The molecule has 0 heterocycles. The number of hydrogen-bond donors (Lipinski definition) is 3. The van der Waals surface area contributed by atoms with Crippen molar-refractivity contribution in [3.8, 4) is 0 Å². The quantitative estimate of drug-likeness (QED) is 0.725. The third kappa shape index (κ3) is 5.89. The van der Waals surface area contributed by atoms with E-state index in [4.69, 9.17) is 5.11 Å². The number of urea groups is 1. The van der Waals surface area contributed by atoms with Gasteiger partial charge in [-0.25, -0.2) is 4.79 Å². The van der Waals surface area contributed by atoms with Gasteiger partial charge in [0.15, 0.2) is 0 Å². The number of carbonyl (C=O) groups is 2. The van der Waals surface area contributed by atoms with Crippen LogP contribution < -0.4 is 10.6 Å². The van der Waals surface area contributed by atoms with Gasteiger partial charge in [-0.2, -0.15) is 0 Å². The van der Waals surface area contributed by atoms with Gasteiger partial charge in [-0.3, -0.25) is 4.79 Å². The number of carboxylic acid groups (broad SMARTS) is 1. The second-order valence-electron chi connectivity index (χ2n) is 4.15. The molecule has 1 aromatic carbocycles. The SMILES string of the molecule is CC(CCCC(=O)O)NC(=O)Nc1ccccc1. The molecule has 0 aromatic heterocycles. The van der Waals surface area contributed by atoms with Crippen LogP contribution in [-0.2, 0) is 4.79 Å². The van der Waals surface area contributed by atoms with Crippen LogP contribution >= 0.6 is 0 Å². The number of nitrogens with one attached hydrogen (secondary N) is 2. The zero-order chi connectivity index (χ0) is 13.4. The van der Waals surface area contributed by atoms with Crippen molar-refractivity contribution in [1.82, 2.24) is 5.32 Å². The second-order valence-corrected chi connectivity index (χ2v) is 4.15. The lowest BCUT2D eigenvalue weighted by Gasteiger charge is -2.14. The van der Waals surface area contributed by atoms with E-state index in [0.717, 1.165) is 5.69 Å². The predicted molar refractivity (Wildman–Crippen MR) is 69.5 cm³/mol. The van der Waals surface area contributed by atoms with E-state index in [1.54, 1.807) is 12.1 Å². The number of rotatable bonds is 6. The third-order valence-corrected chi connectivity index (χ3v) is 2.44. The van der Waals surface area contributed by atoms with E-state index < -0.39 is 5.97 Å². The van der Waals surface area contributed by atoms with Gasteiger partial charge in [0.1, 0.15) is 0 Å². The highest BCUT2D eigenvalue weighted by Gasteiger charge is 2.07. The number of carbonyl (C=O) groups excluding carboxylic acids is 1. The molecule has 1 aromatic rings. The first-order valence-electron chi connectivity index (χ1n) is 5.92. The summed E-state index contributed by atoms with van der Waals surface area (Å²) in [6, 6.07) is 8.83. The summed E-state index contributed by atoms with van der Waals surface area (Å²) in [5.41, 5.74) is 0.729. The lowest BCUT2D eigenvalue weighted by Crippen LogP contribution is -2.36. The molecule has 2 amide bonds. The van der Waals surface area contributed by atoms with Crippen LogP contribution in [0.1, 0.15) is 26.2 Å². The minimum absolute atomic E-state index is 0.0481. The number of anilines is 1. The Labute approximate surface area is 106 Å². The number of hydrogen-bond acceptors (Lipinski definition) is 2. The molecule has 0 saturated heterocycles. The van der Waals surface area contributed by atoms with E-state index in [0.29, 0.717) is 12.8 Å². The topological polar surface area (TPSA) is 78.4 Å². The maximum Gasteiger partial charge on any atom is 0.319 e. The smallest absolute Gasteiger partial charge is 0.319 e. The molecular weight excluding hydrogens is 232 g/mol. The highest BCUT2D eigenvalue weighted by Crippen LogP contribution is 2.05. The Kier molecular flexibility index (Phi) is 5.70. The van der Waals surface area contributed by atoms with Crippen LogP contribution in [0.3, 0.4) is 0 Å². The van der Waals surface area contributed by atoms with Gasteiger partial charge in [0.2, 0.25) is 0 Å². The summed E-state index contributed by atoms with van der Waals surface area (Å²) >= 11 is 0. The largest absolute Gasteiger partial charge is 0.481 e. The van der Waals surface area contributed by atoms with Gasteiger partial charge in [-0.1, -0.05) is 18.2 Å². The Balaban J connectivity index is 2.25. The molecule has 0 radical (unpaired) electrons. The predicted octanol–water partition coefficient (Wildman–Crippen LogP) is 2.45. The molecule has 0 bridgehead atoms. The van der Waals surface area contributed by atoms with Gasteiger partial charge < -0.3 is 15.7 Å². The van der Waals surface area contributed by atoms with Crippen molar-refractivity contribution in [3.63, 3.8) is 0 Å². The molecule has 98 valence electrons. The van der Waals surface area contributed by atoms with E-state index in [1.165, 1.54) is 0 Å². The molecule has 3 N–H and O–H groups in total. The highest BCUT2D eigenvalue weighted by molar-refractivity contribution is 5.89. The monoisotopic (exact) mass is 250 g/mol. The van der Waals surface area contributed by atoms with Crippen LogP contribution in [0.5, 0.6) is 0 Å². The summed E-state index contributed by atoms with van der Waals surface area (Å²) in [6.45, 7) is 1.85. The minimum atomic E-state index is -0.809. The van der Waals surface area contributed by atoms with Crippen LogP contribution in [0.2, 0.25) is 0 Å². The molecule has 1 unspecified atom stereocenters. The van der Waals surface area contributed by atoms with Crippen LogP contribution in [0.15, 0.2) is 30.3 Å². The molecule has 1 atom stereocenters. The van der Waals surface area contributed by atoms with E-state index in [1.807, 2.05) is 25.1 Å². The fraction of sp³-hybridized carbons (Fsp3) is 0.385. The average Bonchev–Trinajstić information content (AvgIpc) is 2.29. The normalized spacial score (nSPS) is 11.6. The maximum absolute atomic E-state index is 11.6. The fourth-order valence-corrected chi connectivity index (χ4v) is 1.54. The summed E-state index contributed by atoms with van der Waals surface area (Å²) < 4.78 is 0. The molecule has 5 heteroatoms. The van der Waals surface area contributed by atoms with Gasteiger partial charge in [0, 0.05) is 18.2 Å². The first-order chi connectivity index (χ1) is 8.58. The van der Waals surface area contributed by atoms with Gasteiger partial charge in [0.05, 0.1) is 0 Å². The van der Waals surface area contributed by atoms with Crippen molar-refractivity contribution in [1.29, 1.82) is 0 Å². The molecule has 1 rings (SSSR count). The molecule has 18 heavy (non-hydrogen) atoms. The lowest BCUT2D eigenvalue weighted by molar-refractivity contribution is -0.137. The maximum atomic E-state index is 11.6. The summed E-state index contributed by atoms with van der Waals surface area (Å²) in [5, 5.41) is 14.0. The summed E-state index contributed by atoms with van der Waals surface area (Å²) in [7, 11) is 0. The second kappa shape index (κ2) is 7.32. The van der Waals surface area contributed by atoms with Crippen molar-refractivity contribution in [2.24, 2.45) is 0 Å². The number of aliphatic carboxylic acids is 1. The highest BCUT2D eigenvalue weighted by atomic mass is 16.4. The number of carboxylic acids is 1. The molecule has 0 aliphatic rings. The molecule has 0 saturated carbocycles. The summed E-state index contributed by atoms with van der Waals surface area (Å²) in [5.74, 6) is -0.809. The Morgan fingerprint density at radius 2 is 1.94 bits per heavy atom. The minimum Gasteiger partial charge on any atom is -0.481 e. The fourth-order valence-electron chi connectivity index (χ4n) is 1.54. The van der Waals surface area contributed by atoms with Crippen LogP contribution in [0, 0.1) is 0 Å². The van der Waals surface area contributed by atoms with E-state index in [9.17, 15) is 9.59 Å². The zero-order valence-electron chi connectivity index (χ0n) is 10.3. The van der Waals surface area contributed by atoms with Crippen molar-refractivity contribution >= 4 is 17.7 Å². The first-order valence-corrected chi connectivity index (χ1v) is 5.92. The van der Waals surface area contributed by atoms with Gasteiger partial charge >= 0.3 is 12.0 Å². The lowest BCUT2D eigenvalue weighted by atomic mass is 10.1. The Morgan fingerprint density at radius 1 is 1.28 bits per heavy atom. The number of para-hydroxylation sites is 1. The molecule has 0 spiro atoms. The van der Waals surface area contributed by atoms with Crippen molar-refractivity contribution in [2.75, 3.05) is 5.32 Å².